The van der Waals surface area contributed by atoms with Crippen molar-refractivity contribution in [2.24, 2.45) is 0 Å². The highest BCUT2D eigenvalue weighted by Gasteiger charge is 2.24. The predicted molar refractivity (Wildman–Crippen MR) is 71.1 cm³/mol. The lowest BCUT2D eigenvalue weighted by molar-refractivity contribution is 0.559. The number of sulfone groups is 1. The van der Waals surface area contributed by atoms with Gasteiger partial charge in [0, 0.05) is 11.6 Å². The zero-order valence-corrected chi connectivity index (χ0v) is 11.2. The van der Waals surface area contributed by atoms with Gasteiger partial charge in [0.15, 0.2) is 0 Å². The maximum Gasteiger partial charge on any atom is 0.150 e. The van der Waals surface area contributed by atoms with E-state index in [1.807, 2.05) is 6.92 Å². The van der Waals surface area contributed by atoms with Crippen LogP contribution in [0, 0.1) is 0 Å². The molecule has 0 aliphatic carbocycles. The molecule has 0 atom stereocenters. The molecule has 0 spiro atoms. The summed E-state index contributed by atoms with van der Waals surface area (Å²) in [5, 5.41) is 3.28. The van der Waals surface area contributed by atoms with Crippen molar-refractivity contribution < 1.29 is 8.42 Å². The van der Waals surface area contributed by atoms with Crippen molar-refractivity contribution >= 4 is 21.5 Å². The second kappa shape index (κ2) is 5.09. The molecule has 18 heavy (non-hydrogen) atoms. The van der Waals surface area contributed by atoms with Crippen LogP contribution in [0.5, 0.6) is 0 Å². The molecule has 1 aliphatic rings. The molecule has 3 N–H and O–H groups in total. The third-order valence-corrected chi connectivity index (χ3v) is 4.94. The molecule has 0 bridgehead atoms. The SMILES string of the molecule is CCc1c(N)ncnc1NC1CCS(=O)(=O)CC1. The van der Waals surface area contributed by atoms with Crippen molar-refractivity contribution in [2.75, 3.05) is 22.6 Å². The summed E-state index contributed by atoms with van der Waals surface area (Å²) in [7, 11) is -2.83. The molecule has 0 radical (unpaired) electrons. The van der Waals surface area contributed by atoms with E-state index in [1.165, 1.54) is 6.33 Å². The Hall–Kier alpha value is -1.37. The topological polar surface area (TPSA) is 98.0 Å². The fourth-order valence-electron chi connectivity index (χ4n) is 2.13. The lowest BCUT2D eigenvalue weighted by Gasteiger charge is -2.24. The van der Waals surface area contributed by atoms with E-state index in [-0.39, 0.29) is 17.5 Å². The van der Waals surface area contributed by atoms with Crippen molar-refractivity contribution in [3.05, 3.63) is 11.9 Å². The number of anilines is 2. The molecule has 2 rings (SSSR count). The van der Waals surface area contributed by atoms with E-state index in [0.717, 1.165) is 17.8 Å². The van der Waals surface area contributed by atoms with Crippen LogP contribution in [0.4, 0.5) is 11.6 Å². The Morgan fingerprint density at radius 2 is 2.06 bits per heavy atom. The number of rotatable bonds is 3. The third kappa shape index (κ3) is 2.90. The fraction of sp³-hybridized carbons (Fsp3) is 0.636. The zero-order valence-electron chi connectivity index (χ0n) is 10.4. The molecule has 1 aromatic heterocycles. The minimum Gasteiger partial charge on any atom is -0.383 e. The van der Waals surface area contributed by atoms with Crippen LogP contribution in [-0.2, 0) is 16.3 Å². The van der Waals surface area contributed by atoms with E-state index in [0.29, 0.717) is 18.7 Å². The first-order chi connectivity index (χ1) is 8.52. The Balaban J connectivity index is 2.09. The maximum absolute atomic E-state index is 11.4. The van der Waals surface area contributed by atoms with Crippen molar-refractivity contribution in [3.8, 4) is 0 Å². The number of hydrogen-bond donors (Lipinski definition) is 2. The quantitative estimate of drug-likeness (QED) is 0.835. The lowest BCUT2D eigenvalue weighted by Crippen LogP contribution is -2.32. The number of nitrogens with one attached hydrogen (secondary N) is 1. The molecule has 1 saturated heterocycles. The minimum absolute atomic E-state index is 0.146. The van der Waals surface area contributed by atoms with Crippen LogP contribution < -0.4 is 11.1 Å². The summed E-state index contributed by atoms with van der Waals surface area (Å²) in [6.07, 6.45) is 3.42. The lowest BCUT2D eigenvalue weighted by atomic mass is 10.1. The van der Waals surface area contributed by atoms with E-state index in [9.17, 15) is 8.42 Å². The van der Waals surface area contributed by atoms with Crippen LogP contribution >= 0.6 is 0 Å². The number of hydrogen-bond acceptors (Lipinski definition) is 6. The van der Waals surface area contributed by atoms with E-state index in [1.54, 1.807) is 0 Å². The molecule has 2 heterocycles. The third-order valence-electron chi connectivity index (χ3n) is 3.23. The molecule has 1 aliphatic heterocycles. The van der Waals surface area contributed by atoms with Crippen molar-refractivity contribution in [2.45, 2.75) is 32.2 Å². The first-order valence-electron chi connectivity index (χ1n) is 6.08. The molecular weight excluding hydrogens is 252 g/mol. The number of nitrogens with zero attached hydrogens (tertiary/aromatic N) is 2. The Bertz CT molecular complexity index is 516. The summed E-state index contributed by atoms with van der Waals surface area (Å²) in [6, 6.07) is 0.146. The van der Waals surface area contributed by atoms with Crippen LogP contribution in [0.3, 0.4) is 0 Å². The average Bonchev–Trinajstić information content (AvgIpc) is 2.32. The Morgan fingerprint density at radius 1 is 1.39 bits per heavy atom. The van der Waals surface area contributed by atoms with Crippen LogP contribution in [-0.4, -0.2) is 35.9 Å². The van der Waals surface area contributed by atoms with Gasteiger partial charge in [-0.3, -0.25) is 0 Å². The van der Waals surface area contributed by atoms with Gasteiger partial charge in [-0.1, -0.05) is 6.92 Å². The van der Waals surface area contributed by atoms with Crippen LogP contribution in [0.25, 0.3) is 0 Å². The summed E-state index contributed by atoms with van der Waals surface area (Å²) in [6.45, 7) is 1.99. The van der Waals surface area contributed by atoms with Gasteiger partial charge in [-0.25, -0.2) is 18.4 Å². The smallest absolute Gasteiger partial charge is 0.150 e. The molecule has 0 unspecified atom stereocenters. The summed E-state index contributed by atoms with van der Waals surface area (Å²) in [5.74, 6) is 1.70. The van der Waals surface area contributed by atoms with Crippen molar-refractivity contribution in [3.63, 3.8) is 0 Å². The minimum atomic E-state index is -2.83. The molecular formula is C11H18N4O2S. The Morgan fingerprint density at radius 3 is 2.67 bits per heavy atom. The molecule has 0 saturated carbocycles. The Labute approximate surface area is 107 Å². The monoisotopic (exact) mass is 270 g/mol. The van der Waals surface area contributed by atoms with Gasteiger partial charge < -0.3 is 11.1 Å². The first-order valence-corrected chi connectivity index (χ1v) is 7.90. The van der Waals surface area contributed by atoms with E-state index < -0.39 is 9.84 Å². The molecule has 7 heteroatoms. The van der Waals surface area contributed by atoms with Gasteiger partial charge in [-0.2, -0.15) is 0 Å². The highest BCUT2D eigenvalue weighted by Crippen LogP contribution is 2.22. The van der Waals surface area contributed by atoms with Crippen LogP contribution in [0.15, 0.2) is 6.33 Å². The zero-order chi connectivity index (χ0) is 13.2. The molecule has 1 fully saturated rings. The van der Waals surface area contributed by atoms with Gasteiger partial charge in [0.25, 0.3) is 0 Å². The van der Waals surface area contributed by atoms with Gasteiger partial charge in [0.1, 0.15) is 27.8 Å². The second-order valence-electron chi connectivity index (χ2n) is 4.51. The fourth-order valence-corrected chi connectivity index (χ4v) is 3.62. The summed E-state index contributed by atoms with van der Waals surface area (Å²) in [4.78, 5) is 8.15. The normalized spacial score (nSPS) is 19.6. The summed E-state index contributed by atoms with van der Waals surface area (Å²) < 4.78 is 22.7. The van der Waals surface area contributed by atoms with E-state index in [4.69, 9.17) is 5.73 Å². The Kier molecular flexibility index (Phi) is 3.70. The summed E-state index contributed by atoms with van der Waals surface area (Å²) in [5.41, 5.74) is 6.69. The number of nitrogen functional groups attached to an aromatic ring is 1. The van der Waals surface area contributed by atoms with Gasteiger partial charge in [0.05, 0.1) is 11.5 Å². The van der Waals surface area contributed by atoms with Gasteiger partial charge in [0.2, 0.25) is 0 Å². The highest BCUT2D eigenvalue weighted by atomic mass is 32.2. The van der Waals surface area contributed by atoms with Gasteiger partial charge in [-0.05, 0) is 19.3 Å². The molecule has 0 aromatic carbocycles. The van der Waals surface area contributed by atoms with Gasteiger partial charge in [-0.15, -0.1) is 0 Å². The predicted octanol–water partition coefficient (Wildman–Crippen LogP) is 0.610. The number of nitrogens with two attached hydrogens (primary N) is 1. The molecule has 1 aromatic rings. The average molecular weight is 270 g/mol. The summed E-state index contributed by atoms with van der Waals surface area (Å²) >= 11 is 0. The van der Waals surface area contributed by atoms with E-state index in [2.05, 4.69) is 15.3 Å². The maximum atomic E-state index is 11.4. The van der Waals surface area contributed by atoms with Crippen molar-refractivity contribution in [1.82, 2.24) is 9.97 Å². The number of aromatic nitrogens is 2. The van der Waals surface area contributed by atoms with Gasteiger partial charge >= 0.3 is 0 Å². The molecule has 6 nitrogen and oxygen atoms in total. The molecule has 100 valence electrons. The molecule has 0 amide bonds. The van der Waals surface area contributed by atoms with Crippen molar-refractivity contribution in [1.29, 1.82) is 0 Å². The second-order valence-corrected chi connectivity index (χ2v) is 6.81. The van der Waals surface area contributed by atoms with E-state index >= 15 is 0 Å². The largest absolute Gasteiger partial charge is 0.383 e. The first kappa shape index (κ1) is 13.1. The van der Waals surface area contributed by atoms with Crippen LogP contribution in [0.2, 0.25) is 0 Å². The van der Waals surface area contributed by atoms with Crippen LogP contribution in [0.1, 0.15) is 25.3 Å². The highest BCUT2D eigenvalue weighted by molar-refractivity contribution is 7.91. The standard InChI is InChI=1S/C11H18N4O2S/c1-2-9-10(12)13-7-14-11(9)15-8-3-5-18(16,17)6-4-8/h7-8H,2-6H2,1H3,(H3,12,13,14,15).